The van der Waals surface area contributed by atoms with Gasteiger partial charge in [0.2, 0.25) is 0 Å². The molecule has 0 aliphatic heterocycles. The van der Waals surface area contributed by atoms with E-state index in [2.05, 4.69) is 15.7 Å². The molecule has 2 aromatic rings. The molecule has 0 saturated carbocycles. The number of halogens is 1. The van der Waals surface area contributed by atoms with Crippen molar-refractivity contribution >= 4 is 23.1 Å². The van der Waals surface area contributed by atoms with Crippen LogP contribution in [0.5, 0.6) is 0 Å². The lowest BCUT2D eigenvalue weighted by atomic mass is 10.2. The van der Waals surface area contributed by atoms with Gasteiger partial charge in [0.25, 0.3) is 0 Å². The molecule has 0 bridgehead atoms. The first-order valence-corrected chi connectivity index (χ1v) is 7.82. The van der Waals surface area contributed by atoms with Crippen LogP contribution in [-0.4, -0.2) is 35.2 Å². The van der Waals surface area contributed by atoms with Crippen molar-refractivity contribution < 1.29 is 9.13 Å². The summed E-state index contributed by atoms with van der Waals surface area (Å²) in [5, 5.41) is 11.0. The minimum atomic E-state index is -0.229. The number of rotatable bonds is 7. The summed E-state index contributed by atoms with van der Waals surface area (Å²) in [6.07, 6.45) is 0.874. The highest BCUT2D eigenvalue weighted by Crippen LogP contribution is 2.13. The average Bonchev–Trinajstić information content (AvgIpc) is 2.85. The lowest BCUT2D eigenvalue weighted by Gasteiger charge is -2.08. The predicted molar refractivity (Wildman–Crippen MR) is 93.2 cm³/mol. The fraction of sp³-hybridized carbons (Fsp3) is 0.375. The van der Waals surface area contributed by atoms with Gasteiger partial charge in [0, 0.05) is 37.6 Å². The van der Waals surface area contributed by atoms with Gasteiger partial charge in [0.05, 0.1) is 6.54 Å². The third kappa shape index (κ3) is 5.30. The topological polar surface area (TPSA) is 51.1 Å². The number of thiocarbonyl (C=S) groups is 1. The first-order chi connectivity index (χ1) is 11.1. The van der Waals surface area contributed by atoms with Gasteiger partial charge in [-0.3, -0.25) is 4.68 Å². The van der Waals surface area contributed by atoms with Gasteiger partial charge in [0.1, 0.15) is 5.82 Å². The van der Waals surface area contributed by atoms with E-state index in [1.807, 2.05) is 19.1 Å². The fourth-order valence-corrected chi connectivity index (χ4v) is 2.30. The second-order valence-corrected chi connectivity index (χ2v) is 5.56. The molecule has 2 rings (SSSR count). The first kappa shape index (κ1) is 17.4. The highest BCUT2D eigenvalue weighted by molar-refractivity contribution is 7.80. The number of aryl methyl sites for hydroxylation is 1. The summed E-state index contributed by atoms with van der Waals surface area (Å²) in [6, 6.07) is 8.58. The van der Waals surface area contributed by atoms with Crippen molar-refractivity contribution in [1.29, 1.82) is 0 Å². The third-order valence-corrected chi connectivity index (χ3v) is 3.56. The molecular formula is C16H21FN4OS. The smallest absolute Gasteiger partial charge is 0.171 e. The number of hydrogen-bond acceptors (Lipinski definition) is 3. The van der Waals surface area contributed by atoms with E-state index >= 15 is 0 Å². The Balaban J connectivity index is 1.93. The van der Waals surface area contributed by atoms with Crippen molar-refractivity contribution in [3.63, 3.8) is 0 Å². The van der Waals surface area contributed by atoms with Gasteiger partial charge in [-0.1, -0.05) is 18.2 Å². The van der Waals surface area contributed by atoms with E-state index in [9.17, 15) is 4.39 Å². The summed E-state index contributed by atoms with van der Waals surface area (Å²) in [4.78, 5) is 0. The SMILES string of the molecule is COCCCNC(=S)Nc1cc(C)n(Cc2ccccc2F)n1. The molecule has 0 atom stereocenters. The van der Waals surface area contributed by atoms with Crippen LogP contribution in [0.1, 0.15) is 17.7 Å². The molecule has 7 heteroatoms. The van der Waals surface area contributed by atoms with Crippen molar-refractivity contribution in [2.45, 2.75) is 19.9 Å². The predicted octanol–water partition coefficient (Wildman–Crippen LogP) is 2.70. The number of nitrogens with zero attached hydrogens (tertiary/aromatic N) is 2. The van der Waals surface area contributed by atoms with Crippen LogP contribution in [-0.2, 0) is 11.3 Å². The van der Waals surface area contributed by atoms with E-state index in [4.69, 9.17) is 17.0 Å². The van der Waals surface area contributed by atoms with Crippen LogP contribution in [0.4, 0.5) is 10.2 Å². The third-order valence-electron chi connectivity index (χ3n) is 3.31. The summed E-state index contributed by atoms with van der Waals surface area (Å²) in [6.45, 7) is 3.73. The van der Waals surface area contributed by atoms with Gasteiger partial charge in [-0.05, 0) is 31.6 Å². The zero-order chi connectivity index (χ0) is 16.7. The highest BCUT2D eigenvalue weighted by atomic mass is 32.1. The summed E-state index contributed by atoms with van der Waals surface area (Å²) >= 11 is 5.22. The Morgan fingerprint density at radius 3 is 2.91 bits per heavy atom. The van der Waals surface area contributed by atoms with Crippen LogP contribution < -0.4 is 10.6 Å². The first-order valence-electron chi connectivity index (χ1n) is 7.42. The van der Waals surface area contributed by atoms with Crippen molar-refractivity contribution in [2.24, 2.45) is 0 Å². The van der Waals surface area contributed by atoms with Crippen molar-refractivity contribution in [1.82, 2.24) is 15.1 Å². The van der Waals surface area contributed by atoms with Crippen LogP contribution in [0.25, 0.3) is 0 Å². The molecule has 5 nitrogen and oxygen atoms in total. The van der Waals surface area contributed by atoms with Gasteiger partial charge < -0.3 is 15.4 Å². The van der Waals surface area contributed by atoms with E-state index in [-0.39, 0.29) is 5.82 Å². The standard InChI is InChI=1S/C16H21FN4OS/c1-12-10-15(19-16(23)18-8-5-9-22-2)20-21(12)11-13-6-3-4-7-14(13)17/h3-4,6-7,10H,5,8-9,11H2,1-2H3,(H2,18,19,20,23). The van der Waals surface area contributed by atoms with Crippen LogP contribution in [0.15, 0.2) is 30.3 Å². The lowest BCUT2D eigenvalue weighted by Crippen LogP contribution is -2.30. The van der Waals surface area contributed by atoms with Gasteiger partial charge in [0.15, 0.2) is 10.9 Å². The molecule has 1 heterocycles. The molecule has 23 heavy (non-hydrogen) atoms. The molecule has 0 aliphatic carbocycles. The Labute approximate surface area is 140 Å². The molecule has 2 N–H and O–H groups in total. The Bertz CT molecular complexity index is 659. The van der Waals surface area contributed by atoms with E-state index in [0.717, 1.165) is 18.7 Å². The Morgan fingerprint density at radius 2 is 2.17 bits per heavy atom. The minimum Gasteiger partial charge on any atom is -0.385 e. The number of anilines is 1. The summed E-state index contributed by atoms with van der Waals surface area (Å²) in [5.74, 6) is 0.412. The van der Waals surface area contributed by atoms with E-state index in [1.165, 1.54) is 6.07 Å². The summed E-state index contributed by atoms with van der Waals surface area (Å²) in [7, 11) is 1.67. The Morgan fingerprint density at radius 1 is 1.39 bits per heavy atom. The highest BCUT2D eigenvalue weighted by Gasteiger charge is 2.08. The number of methoxy groups -OCH3 is 1. The maximum absolute atomic E-state index is 13.7. The molecular weight excluding hydrogens is 315 g/mol. The lowest BCUT2D eigenvalue weighted by molar-refractivity contribution is 0.196. The molecule has 0 saturated heterocycles. The molecule has 124 valence electrons. The second-order valence-electron chi connectivity index (χ2n) is 5.15. The van der Waals surface area contributed by atoms with E-state index < -0.39 is 0 Å². The number of hydrogen-bond donors (Lipinski definition) is 2. The van der Waals surface area contributed by atoms with Gasteiger partial charge in [-0.25, -0.2) is 4.39 Å². The molecule has 0 amide bonds. The molecule has 0 aliphatic rings. The molecule has 1 aromatic heterocycles. The normalized spacial score (nSPS) is 10.6. The van der Waals surface area contributed by atoms with Gasteiger partial charge in [-0.2, -0.15) is 5.10 Å². The van der Waals surface area contributed by atoms with Crippen molar-refractivity contribution in [3.05, 3.63) is 47.4 Å². The molecule has 0 radical (unpaired) electrons. The van der Waals surface area contributed by atoms with Crippen LogP contribution in [0.3, 0.4) is 0 Å². The van der Waals surface area contributed by atoms with Crippen molar-refractivity contribution in [2.75, 3.05) is 25.6 Å². The quantitative estimate of drug-likeness (QED) is 0.601. The number of nitrogens with one attached hydrogen (secondary N) is 2. The maximum Gasteiger partial charge on any atom is 0.171 e. The number of aromatic nitrogens is 2. The molecule has 1 aromatic carbocycles. The van der Waals surface area contributed by atoms with Crippen LogP contribution >= 0.6 is 12.2 Å². The maximum atomic E-state index is 13.7. The molecule has 0 spiro atoms. The van der Waals surface area contributed by atoms with Crippen LogP contribution in [0.2, 0.25) is 0 Å². The van der Waals surface area contributed by atoms with Gasteiger partial charge in [-0.15, -0.1) is 0 Å². The second kappa shape index (κ2) is 8.59. The Kier molecular flexibility index (Phi) is 6.49. The summed E-state index contributed by atoms with van der Waals surface area (Å²) in [5.41, 5.74) is 1.53. The zero-order valence-corrected chi connectivity index (χ0v) is 14.1. The van der Waals surface area contributed by atoms with Crippen LogP contribution in [0, 0.1) is 12.7 Å². The molecule has 0 fully saturated rings. The zero-order valence-electron chi connectivity index (χ0n) is 13.3. The van der Waals surface area contributed by atoms with Crippen molar-refractivity contribution in [3.8, 4) is 0 Å². The largest absolute Gasteiger partial charge is 0.385 e. The monoisotopic (exact) mass is 336 g/mol. The fourth-order valence-electron chi connectivity index (χ4n) is 2.10. The van der Waals surface area contributed by atoms with E-state index in [0.29, 0.717) is 29.6 Å². The minimum absolute atomic E-state index is 0.229. The molecule has 0 unspecified atom stereocenters. The number of ether oxygens (including phenoxy) is 1. The Hall–Kier alpha value is -1.99. The van der Waals surface area contributed by atoms with Gasteiger partial charge >= 0.3 is 0 Å². The average molecular weight is 336 g/mol. The van der Waals surface area contributed by atoms with E-state index in [1.54, 1.807) is 23.9 Å². The number of benzene rings is 1. The summed E-state index contributed by atoms with van der Waals surface area (Å²) < 4.78 is 20.4.